The van der Waals surface area contributed by atoms with E-state index in [-0.39, 0.29) is 0 Å². The molecular weight excluding hydrogens is 562 g/mol. The minimum absolute atomic E-state index is 0.616. The van der Waals surface area contributed by atoms with Crippen molar-refractivity contribution in [2.45, 2.75) is 0 Å². The monoisotopic (exact) mass is 587 g/mol. The molecule has 0 aliphatic carbocycles. The van der Waals surface area contributed by atoms with Crippen molar-refractivity contribution in [1.82, 2.24) is 14.5 Å². The Morgan fingerprint density at radius 2 is 1.09 bits per heavy atom. The van der Waals surface area contributed by atoms with E-state index in [2.05, 4.69) is 138 Å². The van der Waals surface area contributed by atoms with E-state index in [1.165, 1.54) is 32.7 Å². The fraction of sp³-hybridized carbons (Fsp3) is 0. The maximum atomic E-state index is 6.69. The summed E-state index contributed by atoms with van der Waals surface area (Å²) in [7, 11) is 0. The van der Waals surface area contributed by atoms with Gasteiger partial charge in [-0.2, -0.15) is 0 Å². The Morgan fingerprint density at radius 3 is 1.89 bits per heavy atom. The molecule has 0 N–H and O–H groups in total. The van der Waals surface area contributed by atoms with Gasteiger partial charge >= 0.3 is 0 Å². The molecule has 0 spiro atoms. The van der Waals surface area contributed by atoms with Crippen molar-refractivity contribution in [3.63, 3.8) is 0 Å². The van der Waals surface area contributed by atoms with Gasteiger partial charge in [0, 0.05) is 27.1 Å². The van der Waals surface area contributed by atoms with E-state index in [4.69, 9.17) is 14.4 Å². The molecule has 3 heterocycles. The van der Waals surface area contributed by atoms with Crippen molar-refractivity contribution < 1.29 is 4.42 Å². The van der Waals surface area contributed by atoms with Crippen LogP contribution in [-0.2, 0) is 0 Å². The van der Waals surface area contributed by atoms with Crippen molar-refractivity contribution >= 4 is 65.4 Å². The summed E-state index contributed by atoms with van der Waals surface area (Å²) in [5.41, 5.74) is 8.58. The zero-order valence-corrected chi connectivity index (χ0v) is 24.7. The lowest BCUT2D eigenvalue weighted by molar-refractivity contribution is 0.670. The van der Waals surface area contributed by atoms with E-state index in [1.54, 1.807) is 0 Å². The van der Waals surface area contributed by atoms with Crippen LogP contribution in [0.25, 0.3) is 93.8 Å². The first-order valence-electron chi connectivity index (χ1n) is 15.5. The van der Waals surface area contributed by atoms with Crippen LogP contribution in [0.2, 0.25) is 0 Å². The van der Waals surface area contributed by atoms with Crippen molar-refractivity contribution in [1.29, 1.82) is 0 Å². The highest BCUT2D eigenvalue weighted by Gasteiger charge is 2.22. The van der Waals surface area contributed by atoms with Crippen LogP contribution in [0.5, 0.6) is 0 Å². The van der Waals surface area contributed by atoms with E-state index in [9.17, 15) is 0 Å². The van der Waals surface area contributed by atoms with Gasteiger partial charge in [-0.3, -0.25) is 4.57 Å². The Balaban J connectivity index is 1.35. The number of aromatic nitrogens is 3. The number of hydrogen-bond donors (Lipinski definition) is 0. The predicted octanol–water partition coefficient (Wildman–Crippen LogP) is 11.1. The van der Waals surface area contributed by atoms with Crippen LogP contribution in [0.1, 0.15) is 0 Å². The molecule has 0 bridgehead atoms. The lowest BCUT2D eigenvalue weighted by atomic mass is 10.0. The maximum absolute atomic E-state index is 6.69. The molecule has 214 valence electrons. The second kappa shape index (κ2) is 9.62. The zero-order chi connectivity index (χ0) is 30.2. The molecule has 0 unspecified atom stereocenters. The Labute approximate surface area is 263 Å². The third kappa shape index (κ3) is 3.61. The summed E-state index contributed by atoms with van der Waals surface area (Å²) in [6.45, 7) is 0. The van der Waals surface area contributed by atoms with Gasteiger partial charge in [0.05, 0.1) is 11.0 Å². The number of rotatable bonds is 3. The van der Waals surface area contributed by atoms with Crippen LogP contribution in [0.15, 0.2) is 156 Å². The Kier molecular flexibility index (Phi) is 5.25. The van der Waals surface area contributed by atoms with Gasteiger partial charge in [0.15, 0.2) is 5.58 Å². The number of benzene rings is 7. The molecule has 10 aromatic rings. The molecule has 0 saturated carbocycles. The predicted molar refractivity (Wildman–Crippen MR) is 190 cm³/mol. The van der Waals surface area contributed by atoms with Crippen LogP contribution in [0, 0.1) is 0 Å². The lowest BCUT2D eigenvalue weighted by Gasteiger charge is -2.10. The normalized spacial score (nSPS) is 11.9. The van der Waals surface area contributed by atoms with E-state index in [0.29, 0.717) is 11.5 Å². The summed E-state index contributed by atoms with van der Waals surface area (Å²) < 4.78 is 8.91. The molecule has 46 heavy (non-hydrogen) atoms. The summed E-state index contributed by atoms with van der Waals surface area (Å²) in [5, 5.41) is 7.95. The third-order valence-electron chi connectivity index (χ3n) is 9.20. The quantitative estimate of drug-likeness (QED) is 0.207. The van der Waals surface area contributed by atoms with Gasteiger partial charge in [-0.15, -0.1) is 0 Å². The lowest BCUT2D eigenvalue weighted by Crippen LogP contribution is -2.02. The molecule has 7 aromatic carbocycles. The summed E-state index contributed by atoms with van der Waals surface area (Å²) in [4.78, 5) is 10.6. The minimum Gasteiger partial charge on any atom is -0.451 e. The summed E-state index contributed by atoms with van der Waals surface area (Å²) in [6.07, 6.45) is 0. The topological polar surface area (TPSA) is 43.9 Å². The smallest absolute Gasteiger partial charge is 0.236 e. The van der Waals surface area contributed by atoms with Gasteiger partial charge in [-0.1, -0.05) is 127 Å². The SMILES string of the molecule is c1ccc(-c2ccc3c(c2)c2c4ccccc4ccc2n3-c2nc(-c3ccccc3)c3oc4c5ccccc5ccc4c3n2)cc1. The highest BCUT2D eigenvalue weighted by atomic mass is 16.3. The first-order chi connectivity index (χ1) is 22.8. The van der Waals surface area contributed by atoms with E-state index in [0.717, 1.165) is 49.5 Å². The van der Waals surface area contributed by atoms with Crippen molar-refractivity contribution in [2.75, 3.05) is 0 Å². The second-order valence-electron chi connectivity index (χ2n) is 11.8. The van der Waals surface area contributed by atoms with Crippen molar-refractivity contribution in [3.05, 3.63) is 152 Å². The molecule has 0 atom stereocenters. The highest BCUT2D eigenvalue weighted by Crippen LogP contribution is 2.41. The van der Waals surface area contributed by atoms with Crippen molar-refractivity contribution in [2.24, 2.45) is 0 Å². The largest absolute Gasteiger partial charge is 0.451 e. The number of fused-ring (bicyclic) bond motifs is 10. The van der Waals surface area contributed by atoms with Gasteiger partial charge in [-0.05, 0) is 51.6 Å². The van der Waals surface area contributed by atoms with Crippen LogP contribution < -0.4 is 0 Å². The van der Waals surface area contributed by atoms with E-state index >= 15 is 0 Å². The van der Waals surface area contributed by atoms with Crippen LogP contribution in [0.4, 0.5) is 0 Å². The number of hydrogen-bond acceptors (Lipinski definition) is 3. The van der Waals surface area contributed by atoms with Crippen molar-refractivity contribution in [3.8, 4) is 28.3 Å². The molecule has 4 nitrogen and oxygen atoms in total. The average molecular weight is 588 g/mol. The average Bonchev–Trinajstić information content (AvgIpc) is 3.68. The van der Waals surface area contributed by atoms with Gasteiger partial charge in [0.2, 0.25) is 5.95 Å². The first kappa shape index (κ1) is 25.1. The van der Waals surface area contributed by atoms with Gasteiger partial charge in [-0.25, -0.2) is 9.97 Å². The molecule has 0 saturated heterocycles. The van der Waals surface area contributed by atoms with Gasteiger partial charge < -0.3 is 4.42 Å². The Hall–Kier alpha value is -6.26. The second-order valence-corrected chi connectivity index (χ2v) is 11.8. The number of furan rings is 1. The first-order valence-corrected chi connectivity index (χ1v) is 15.5. The molecule has 0 fully saturated rings. The molecule has 10 rings (SSSR count). The fourth-order valence-corrected chi connectivity index (χ4v) is 7.07. The molecule has 0 radical (unpaired) electrons. The molecule has 0 amide bonds. The zero-order valence-electron chi connectivity index (χ0n) is 24.7. The van der Waals surface area contributed by atoms with Crippen LogP contribution in [-0.4, -0.2) is 14.5 Å². The Morgan fingerprint density at radius 1 is 0.435 bits per heavy atom. The minimum atomic E-state index is 0.616. The third-order valence-corrected chi connectivity index (χ3v) is 9.20. The summed E-state index contributed by atoms with van der Waals surface area (Å²) in [6, 6.07) is 53.2. The number of nitrogens with zero attached hydrogens (tertiary/aromatic N) is 3. The molecular formula is C42H25N3O. The summed E-state index contributed by atoms with van der Waals surface area (Å²) >= 11 is 0. The Bertz CT molecular complexity index is 2790. The van der Waals surface area contributed by atoms with E-state index in [1.807, 2.05) is 18.2 Å². The summed E-state index contributed by atoms with van der Waals surface area (Å²) in [5.74, 6) is 0.616. The molecule has 4 heteroatoms. The molecule has 0 aliphatic heterocycles. The highest BCUT2D eigenvalue weighted by molar-refractivity contribution is 6.22. The van der Waals surface area contributed by atoms with Gasteiger partial charge in [0.25, 0.3) is 0 Å². The molecule has 0 aliphatic rings. The van der Waals surface area contributed by atoms with Crippen LogP contribution >= 0.6 is 0 Å². The van der Waals surface area contributed by atoms with Crippen LogP contribution in [0.3, 0.4) is 0 Å². The molecule has 3 aromatic heterocycles. The maximum Gasteiger partial charge on any atom is 0.236 e. The van der Waals surface area contributed by atoms with Gasteiger partial charge in [0.1, 0.15) is 16.8 Å². The fourth-order valence-electron chi connectivity index (χ4n) is 7.07. The standard InChI is InChI=1S/C42H25N3O/c1-3-11-26(12-4-1)30-21-23-35-34(25-30)37-31-17-9-7-13-27(31)20-24-36(37)45(35)42-43-38(29-15-5-2-6-16-29)41-39(44-42)33-22-19-28-14-8-10-18-32(28)40(33)46-41/h1-25H. The van der Waals surface area contributed by atoms with E-state index < -0.39 is 0 Å².